The Morgan fingerprint density at radius 3 is 0.517 bits per heavy atom. The third-order valence-corrected chi connectivity index (χ3v) is 53.2. The third-order valence-electron chi connectivity index (χ3n) is 6.52. The summed E-state index contributed by atoms with van der Waals surface area (Å²) in [5, 5.41) is 0.458. The van der Waals surface area contributed by atoms with E-state index in [0.717, 1.165) is 0 Å². The number of hydrogen-bond acceptors (Lipinski definition) is 0. The molecule has 0 aromatic rings. The van der Waals surface area contributed by atoms with Gasteiger partial charge in [-0.1, -0.05) is 0 Å². The molecule has 0 saturated heterocycles. The molecule has 0 spiro atoms. The fourth-order valence-electron chi connectivity index (χ4n) is 8.72. The predicted molar refractivity (Wildman–Crippen MR) is 147 cm³/mol. The Bertz CT molecular complexity index is 459. The molecule has 0 fully saturated rings. The maximum atomic E-state index is 8.27. The molecule has 0 nitrogen and oxygen atoms in total. The fraction of sp³-hybridized carbons (Fsp3) is 1.00. The standard InChI is InChI=1S/2C12H27P.2ClH.Ni/c2*1-10(2,3)13(11(4,5)6)12(7,8)9;;;/h2*1-9H3;2*1H;. The van der Waals surface area contributed by atoms with Crippen LogP contribution in [0.25, 0.3) is 0 Å². The van der Waals surface area contributed by atoms with Gasteiger partial charge in [-0.25, -0.2) is 0 Å². The molecule has 0 saturated carbocycles. The Balaban J connectivity index is 8.22. The second-order valence-electron chi connectivity index (χ2n) is 15.1. The van der Waals surface area contributed by atoms with Gasteiger partial charge in [0.15, 0.2) is 0 Å². The molecule has 0 aromatic heterocycles. The van der Waals surface area contributed by atoms with Crippen LogP contribution in [0.4, 0.5) is 0 Å². The SMILES string of the molecule is CC(C)(C)[PH](C(C)(C)C)(C(C)(C)C)[Ni]([Cl])([Cl])[PH](C(C)(C)C)(C(C)(C)C)C(C)(C)C. The summed E-state index contributed by atoms with van der Waals surface area (Å²) in [6, 6.07) is -4.81. The van der Waals surface area contributed by atoms with Crippen molar-refractivity contribution in [2.45, 2.75) is 156 Å². The Morgan fingerprint density at radius 2 is 0.448 bits per heavy atom. The van der Waals surface area contributed by atoms with Crippen LogP contribution in [0.3, 0.4) is 0 Å². The van der Waals surface area contributed by atoms with Gasteiger partial charge in [0.1, 0.15) is 0 Å². The molecular formula is C24H56Cl2NiP2. The van der Waals surface area contributed by atoms with Crippen LogP contribution in [0.15, 0.2) is 0 Å². The van der Waals surface area contributed by atoms with Crippen molar-refractivity contribution in [2.24, 2.45) is 0 Å². The molecular weight excluding hydrogens is 480 g/mol. The van der Waals surface area contributed by atoms with Crippen molar-refractivity contribution in [3.63, 3.8) is 0 Å². The summed E-state index contributed by atoms with van der Waals surface area (Å²) in [6.45, 7) is 44.0. The van der Waals surface area contributed by atoms with Crippen molar-refractivity contribution in [3.8, 4) is 0 Å². The van der Waals surface area contributed by atoms with Crippen molar-refractivity contribution < 1.29 is 9.74 Å². The molecule has 0 atom stereocenters. The average Bonchev–Trinajstić information content (AvgIpc) is 2.12. The van der Waals surface area contributed by atoms with Crippen LogP contribution in [0.1, 0.15) is 125 Å². The Labute approximate surface area is 197 Å². The summed E-state index contributed by atoms with van der Waals surface area (Å²) < 4.78 is 0. The van der Waals surface area contributed by atoms with Crippen molar-refractivity contribution >= 4 is 32.5 Å². The van der Waals surface area contributed by atoms with Crippen molar-refractivity contribution in [3.05, 3.63) is 0 Å². The van der Waals surface area contributed by atoms with E-state index in [0.29, 0.717) is 0 Å². The van der Waals surface area contributed by atoms with E-state index in [1.807, 2.05) is 0 Å². The zero-order valence-electron chi connectivity index (χ0n) is 23.1. The monoisotopic (exact) mass is 534 g/mol. The predicted octanol–water partition coefficient (Wildman–Crippen LogP) is 10.6. The molecule has 0 amide bonds. The van der Waals surface area contributed by atoms with E-state index >= 15 is 0 Å². The van der Waals surface area contributed by atoms with Gasteiger partial charge in [0.2, 0.25) is 0 Å². The summed E-state index contributed by atoms with van der Waals surface area (Å²) >= 11 is 0. The summed E-state index contributed by atoms with van der Waals surface area (Å²) in [5.41, 5.74) is 0. The van der Waals surface area contributed by atoms with E-state index in [2.05, 4.69) is 125 Å². The zero-order chi connectivity index (χ0) is 24.5. The van der Waals surface area contributed by atoms with E-state index in [1.54, 1.807) is 0 Å². The van der Waals surface area contributed by atoms with Crippen LogP contribution >= 0.6 is 32.5 Å². The van der Waals surface area contributed by atoms with E-state index in [9.17, 15) is 0 Å². The van der Waals surface area contributed by atoms with Crippen LogP contribution in [0, 0.1) is 0 Å². The van der Waals surface area contributed by atoms with Crippen LogP contribution in [0.2, 0.25) is 0 Å². The van der Waals surface area contributed by atoms with Crippen molar-refractivity contribution in [1.29, 1.82) is 0 Å². The minimum absolute atomic E-state index is 0.0764. The molecule has 0 radical (unpaired) electrons. The van der Waals surface area contributed by atoms with Crippen LogP contribution in [-0.2, 0) is 9.74 Å². The average molecular weight is 536 g/mol. The molecule has 0 bridgehead atoms. The minimum atomic E-state index is -2.41. The molecule has 29 heavy (non-hydrogen) atoms. The number of hydrogen-bond donors (Lipinski definition) is 0. The van der Waals surface area contributed by atoms with E-state index in [4.69, 9.17) is 20.4 Å². The van der Waals surface area contributed by atoms with Gasteiger partial charge in [0.05, 0.1) is 0 Å². The van der Waals surface area contributed by atoms with Gasteiger partial charge in [-0.05, 0) is 0 Å². The summed E-state index contributed by atoms with van der Waals surface area (Å²) in [4.78, 5) is 0. The molecule has 0 heterocycles. The topological polar surface area (TPSA) is 0 Å². The Hall–Kier alpha value is 1.93. The Kier molecular flexibility index (Phi) is 8.54. The first-order valence-electron chi connectivity index (χ1n) is 11.1. The first kappa shape index (κ1) is 30.9. The van der Waals surface area contributed by atoms with Crippen LogP contribution < -0.4 is 0 Å². The molecule has 0 rings (SSSR count). The van der Waals surface area contributed by atoms with E-state index < -0.39 is 21.8 Å². The third kappa shape index (κ3) is 4.27. The quantitative estimate of drug-likeness (QED) is 0.243. The number of halogens is 2. The van der Waals surface area contributed by atoms with Crippen molar-refractivity contribution in [2.75, 3.05) is 0 Å². The summed E-state index contributed by atoms with van der Waals surface area (Å²) in [6.07, 6.45) is 0. The number of rotatable bonds is 2. The molecule has 0 aromatic carbocycles. The molecule has 0 unspecified atom stereocenters. The first-order valence-corrected chi connectivity index (χ1v) is 20.4. The fourth-order valence-corrected chi connectivity index (χ4v) is 93.2. The normalized spacial score (nSPS) is 18.6. The van der Waals surface area contributed by atoms with E-state index in [1.165, 1.54) is 0 Å². The van der Waals surface area contributed by atoms with Crippen molar-refractivity contribution in [1.82, 2.24) is 0 Å². The summed E-state index contributed by atoms with van der Waals surface area (Å²) in [5.74, 6) is 0. The van der Waals surface area contributed by atoms with Crippen LogP contribution in [-0.4, -0.2) is 30.9 Å². The Morgan fingerprint density at radius 1 is 0.345 bits per heavy atom. The molecule has 0 aliphatic rings. The van der Waals surface area contributed by atoms with Gasteiger partial charge in [0, 0.05) is 0 Å². The van der Waals surface area contributed by atoms with Gasteiger partial charge in [-0.2, -0.15) is 0 Å². The maximum absolute atomic E-state index is 8.27. The van der Waals surface area contributed by atoms with Gasteiger partial charge >= 0.3 is 198 Å². The molecule has 0 aliphatic heterocycles. The van der Waals surface area contributed by atoms with Gasteiger partial charge in [-0.3, -0.25) is 0 Å². The molecule has 0 N–H and O–H groups in total. The zero-order valence-corrected chi connectivity index (χ0v) is 27.6. The second kappa shape index (κ2) is 8.01. The molecule has 186 valence electrons. The van der Waals surface area contributed by atoms with Crippen LogP contribution in [0.5, 0.6) is 0 Å². The van der Waals surface area contributed by atoms with Gasteiger partial charge in [-0.15, -0.1) is 0 Å². The second-order valence-corrected chi connectivity index (χ2v) is 44.1. The molecule has 5 heteroatoms. The van der Waals surface area contributed by atoms with Gasteiger partial charge < -0.3 is 0 Å². The van der Waals surface area contributed by atoms with E-state index in [-0.39, 0.29) is 30.9 Å². The summed E-state index contributed by atoms with van der Waals surface area (Å²) in [7, 11) is 14.4. The van der Waals surface area contributed by atoms with Gasteiger partial charge in [0.25, 0.3) is 0 Å². The first-order chi connectivity index (χ1) is 12.0. The molecule has 0 aliphatic carbocycles.